The maximum absolute atomic E-state index is 11.4. The van der Waals surface area contributed by atoms with Crippen molar-refractivity contribution >= 4 is 40.3 Å². The summed E-state index contributed by atoms with van der Waals surface area (Å²) < 4.78 is 18.5. The fourth-order valence-corrected chi connectivity index (χ4v) is 5.94. The van der Waals surface area contributed by atoms with Crippen LogP contribution in [0.15, 0.2) is 66.9 Å². The molecular formula is C30H30ClN5O5S. The lowest BCUT2D eigenvalue weighted by Crippen LogP contribution is -2.29. The molecule has 1 N–H and O–H groups in total. The summed E-state index contributed by atoms with van der Waals surface area (Å²) in [6.45, 7) is 4.82. The van der Waals surface area contributed by atoms with Gasteiger partial charge < -0.3 is 29.0 Å². The van der Waals surface area contributed by atoms with E-state index in [-0.39, 0.29) is 17.8 Å². The van der Waals surface area contributed by atoms with E-state index in [2.05, 4.69) is 16.4 Å². The summed E-state index contributed by atoms with van der Waals surface area (Å²) in [7, 11) is 3.12. The number of aromatic nitrogens is 2. The summed E-state index contributed by atoms with van der Waals surface area (Å²) >= 11 is 12.6. The maximum Gasteiger partial charge on any atom is 0.273 e. The topological polar surface area (TPSA) is 104 Å². The molecule has 0 aliphatic carbocycles. The van der Waals surface area contributed by atoms with E-state index in [0.717, 1.165) is 28.3 Å². The van der Waals surface area contributed by atoms with Crippen LogP contribution in [0.3, 0.4) is 0 Å². The third kappa shape index (κ3) is 5.50. The molecule has 1 saturated heterocycles. The largest absolute Gasteiger partial charge is 0.494 e. The summed E-state index contributed by atoms with van der Waals surface area (Å²) in [6, 6.07) is 17.5. The number of thiocarbonyl (C=S) groups is 1. The Labute approximate surface area is 253 Å². The molecule has 0 radical (unpaired) electrons. The van der Waals surface area contributed by atoms with Crippen molar-refractivity contribution in [1.29, 1.82) is 0 Å². The molecule has 218 valence electrons. The Hall–Kier alpha value is -4.19. The molecular weight excluding hydrogens is 578 g/mol. The van der Waals surface area contributed by atoms with Crippen molar-refractivity contribution in [3.8, 4) is 17.2 Å². The zero-order chi connectivity index (χ0) is 30.0. The first-order valence-electron chi connectivity index (χ1n) is 13.2. The quantitative estimate of drug-likeness (QED) is 0.0967. The molecule has 12 heteroatoms. The second-order valence-corrected chi connectivity index (χ2v) is 10.5. The Kier molecular flexibility index (Phi) is 8.62. The number of nitro groups is 1. The molecule has 5 rings (SSSR count). The number of hydrogen-bond acceptors (Lipinski definition) is 7. The minimum absolute atomic E-state index is 0.0449. The van der Waals surface area contributed by atoms with Gasteiger partial charge in [-0.05, 0) is 74.1 Å². The summed E-state index contributed by atoms with van der Waals surface area (Å²) in [4.78, 5) is 17.7. The Bertz CT molecular complexity index is 1630. The van der Waals surface area contributed by atoms with Crippen molar-refractivity contribution in [2.75, 3.05) is 32.3 Å². The molecule has 2 atom stereocenters. The SMILES string of the molecule is COCCOc1ccc(N2C(=S)N[C@@H](c3ccccn3)[C@H]2c2cc(C)n(-c3ccc([N+](=O)[O-])cc3OC)c2C)cc1Cl. The molecule has 1 aliphatic heterocycles. The van der Waals surface area contributed by atoms with Gasteiger partial charge in [-0.15, -0.1) is 0 Å². The van der Waals surface area contributed by atoms with Crippen LogP contribution in [0, 0.1) is 24.0 Å². The van der Waals surface area contributed by atoms with Crippen molar-refractivity contribution in [1.82, 2.24) is 14.9 Å². The predicted octanol–water partition coefficient (Wildman–Crippen LogP) is 6.26. The van der Waals surface area contributed by atoms with Crippen LogP contribution in [0.4, 0.5) is 11.4 Å². The minimum atomic E-state index is -0.438. The van der Waals surface area contributed by atoms with E-state index in [1.165, 1.54) is 19.2 Å². The number of nitrogens with one attached hydrogen (secondary N) is 1. The average molecular weight is 608 g/mol. The Morgan fingerprint density at radius 3 is 2.55 bits per heavy atom. The van der Waals surface area contributed by atoms with Crippen molar-refractivity contribution < 1.29 is 19.1 Å². The van der Waals surface area contributed by atoms with E-state index in [9.17, 15) is 10.1 Å². The number of ether oxygens (including phenoxy) is 3. The molecule has 0 spiro atoms. The highest BCUT2D eigenvalue weighted by molar-refractivity contribution is 7.80. The summed E-state index contributed by atoms with van der Waals surface area (Å²) in [5.41, 5.74) is 5.11. The smallest absolute Gasteiger partial charge is 0.273 e. The van der Waals surface area contributed by atoms with Crippen LogP contribution in [0.5, 0.6) is 11.5 Å². The van der Waals surface area contributed by atoms with Crippen molar-refractivity contribution in [2.24, 2.45) is 0 Å². The predicted molar refractivity (Wildman–Crippen MR) is 165 cm³/mol. The molecule has 0 bridgehead atoms. The van der Waals surface area contributed by atoms with Gasteiger partial charge in [-0.2, -0.15) is 0 Å². The molecule has 1 fully saturated rings. The monoisotopic (exact) mass is 607 g/mol. The van der Waals surface area contributed by atoms with Gasteiger partial charge in [0, 0.05) is 36.4 Å². The van der Waals surface area contributed by atoms with Crippen LogP contribution >= 0.6 is 23.8 Å². The third-order valence-electron chi connectivity index (χ3n) is 7.24. The lowest BCUT2D eigenvalue weighted by Gasteiger charge is -2.28. The van der Waals surface area contributed by atoms with Crippen molar-refractivity contribution in [2.45, 2.75) is 25.9 Å². The first-order valence-corrected chi connectivity index (χ1v) is 14.0. The molecule has 2 aromatic carbocycles. The number of aryl methyl sites for hydroxylation is 1. The van der Waals surface area contributed by atoms with Gasteiger partial charge in [0.2, 0.25) is 0 Å². The van der Waals surface area contributed by atoms with Gasteiger partial charge in [0.1, 0.15) is 18.1 Å². The molecule has 10 nitrogen and oxygen atoms in total. The van der Waals surface area contributed by atoms with Crippen LogP contribution in [0.25, 0.3) is 5.69 Å². The van der Waals surface area contributed by atoms with E-state index in [4.69, 9.17) is 38.0 Å². The van der Waals surface area contributed by atoms with E-state index >= 15 is 0 Å². The Morgan fingerprint density at radius 2 is 1.88 bits per heavy atom. The molecule has 42 heavy (non-hydrogen) atoms. The number of benzene rings is 2. The highest BCUT2D eigenvalue weighted by atomic mass is 35.5. The third-order valence-corrected chi connectivity index (χ3v) is 7.85. The number of non-ortho nitro benzene ring substituents is 1. The number of nitro benzene ring substituents is 1. The molecule has 0 amide bonds. The molecule has 3 heterocycles. The fourth-order valence-electron chi connectivity index (χ4n) is 5.36. The number of halogens is 1. The molecule has 0 unspecified atom stereocenters. The van der Waals surface area contributed by atoms with E-state index in [0.29, 0.717) is 40.5 Å². The van der Waals surface area contributed by atoms with Crippen LogP contribution in [0.2, 0.25) is 5.02 Å². The summed E-state index contributed by atoms with van der Waals surface area (Å²) in [5.74, 6) is 0.948. The van der Waals surface area contributed by atoms with Gasteiger partial charge in [0.15, 0.2) is 5.11 Å². The van der Waals surface area contributed by atoms with Crippen LogP contribution < -0.4 is 19.7 Å². The first-order chi connectivity index (χ1) is 20.2. The Balaban J connectivity index is 1.63. The van der Waals surface area contributed by atoms with Gasteiger partial charge in [-0.1, -0.05) is 17.7 Å². The second-order valence-electron chi connectivity index (χ2n) is 9.73. The highest BCUT2D eigenvalue weighted by Gasteiger charge is 2.42. The van der Waals surface area contributed by atoms with Crippen molar-refractivity contribution in [3.05, 3.63) is 105 Å². The maximum atomic E-state index is 11.4. The average Bonchev–Trinajstić information content (AvgIpc) is 3.48. The number of anilines is 1. The van der Waals surface area contributed by atoms with E-state index in [1.54, 1.807) is 19.4 Å². The van der Waals surface area contributed by atoms with Gasteiger partial charge in [-0.3, -0.25) is 15.1 Å². The number of methoxy groups -OCH3 is 2. The zero-order valence-corrected chi connectivity index (χ0v) is 25.1. The van der Waals surface area contributed by atoms with Gasteiger partial charge >= 0.3 is 0 Å². The van der Waals surface area contributed by atoms with Crippen molar-refractivity contribution in [3.63, 3.8) is 0 Å². The minimum Gasteiger partial charge on any atom is -0.494 e. The number of nitrogens with zero attached hydrogens (tertiary/aromatic N) is 4. The summed E-state index contributed by atoms with van der Waals surface area (Å²) in [5, 5.41) is 15.9. The van der Waals surface area contributed by atoms with Crippen LogP contribution in [0.1, 0.15) is 34.7 Å². The zero-order valence-electron chi connectivity index (χ0n) is 23.5. The second kappa shape index (κ2) is 12.4. The lowest BCUT2D eigenvalue weighted by atomic mass is 9.96. The van der Waals surface area contributed by atoms with Gasteiger partial charge in [0.05, 0.1) is 53.2 Å². The number of rotatable bonds is 10. The first kappa shape index (κ1) is 29.3. The Morgan fingerprint density at radius 1 is 1.07 bits per heavy atom. The standard InChI is InChI=1S/C30H30ClN5O5S/c1-18-15-22(19(2)34(18)25-10-8-21(36(37)38)17-27(25)40-4)29-28(24-7-5-6-12-32-24)33-30(42)35(29)20-9-11-26(23(31)16-20)41-14-13-39-3/h5-12,15-17,28-29H,13-14H2,1-4H3,(H,33,42)/t28-,29+/m0/s1. The van der Waals surface area contributed by atoms with Crippen LogP contribution in [-0.4, -0.2) is 47.0 Å². The molecule has 2 aromatic heterocycles. The van der Waals surface area contributed by atoms with E-state index in [1.807, 2.05) is 59.7 Å². The fraction of sp³-hybridized carbons (Fsp3) is 0.267. The number of hydrogen-bond donors (Lipinski definition) is 1. The molecule has 1 aliphatic rings. The molecule has 0 saturated carbocycles. The number of pyridine rings is 1. The normalized spacial score (nSPS) is 16.4. The van der Waals surface area contributed by atoms with Crippen LogP contribution in [-0.2, 0) is 4.74 Å². The molecule has 4 aromatic rings. The highest BCUT2D eigenvalue weighted by Crippen LogP contribution is 2.45. The van der Waals surface area contributed by atoms with Gasteiger partial charge in [0.25, 0.3) is 5.69 Å². The summed E-state index contributed by atoms with van der Waals surface area (Å²) in [6.07, 6.45) is 1.76. The van der Waals surface area contributed by atoms with Gasteiger partial charge in [-0.25, -0.2) is 0 Å². The lowest BCUT2D eigenvalue weighted by molar-refractivity contribution is -0.384. The van der Waals surface area contributed by atoms with E-state index < -0.39 is 4.92 Å².